The number of benzene rings is 1. The molecule has 11 nitrogen and oxygen atoms in total. The number of aliphatic hydroxyl groups is 1. The summed E-state index contributed by atoms with van der Waals surface area (Å²) in [5.41, 5.74) is 2.39. The quantitative estimate of drug-likeness (QED) is 0.301. The Balaban J connectivity index is 1.18. The molecule has 3 aliphatic heterocycles. The fraction of sp³-hybridized carbons (Fsp3) is 0.500. The van der Waals surface area contributed by atoms with Crippen LogP contribution in [0.5, 0.6) is 5.88 Å². The van der Waals surface area contributed by atoms with Gasteiger partial charge >= 0.3 is 0 Å². The van der Waals surface area contributed by atoms with E-state index < -0.39 is 31.0 Å². The van der Waals surface area contributed by atoms with Crippen molar-refractivity contribution in [2.75, 3.05) is 30.0 Å². The van der Waals surface area contributed by atoms with Crippen molar-refractivity contribution in [1.29, 1.82) is 0 Å². The number of hydrogen-bond donors (Lipinski definition) is 2. The number of aromatic nitrogens is 6. The van der Waals surface area contributed by atoms with Gasteiger partial charge in [-0.25, -0.2) is 28.1 Å². The van der Waals surface area contributed by atoms with Crippen molar-refractivity contribution < 1.29 is 27.8 Å². The highest BCUT2D eigenvalue weighted by Gasteiger charge is 2.41. The van der Waals surface area contributed by atoms with Gasteiger partial charge in [0.15, 0.2) is 12.4 Å². The molecule has 0 unspecified atom stereocenters. The maximum absolute atomic E-state index is 15.6. The molecule has 4 atom stereocenters. The largest absolute Gasteiger partial charge is 0.471 e. The maximum atomic E-state index is 15.6. The summed E-state index contributed by atoms with van der Waals surface area (Å²) in [6.45, 7) is 4.79. The molecule has 228 valence electrons. The average Bonchev–Trinajstić information content (AvgIpc) is 3.75. The number of aliphatic hydroxyl groups excluding tert-OH is 1. The Bertz CT molecular complexity index is 1680. The van der Waals surface area contributed by atoms with Gasteiger partial charge in [0.25, 0.3) is 6.43 Å². The van der Waals surface area contributed by atoms with Crippen LogP contribution in [0.4, 0.5) is 25.1 Å². The molecule has 1 aromatic carbocycles. The van der Waals surface area contributed by atoms with Crippen LogP contribution in [0, 0.1) is 5.82 Å². The normalized spacial score (nSPS) is 23.1. The number of morpholine rings is 1. The average molecular weight is 619 g/mol. The van der Waals surface area contributed by atoms with Gasteiger partial charge in [-0.05, 0) is 32.4 Å². The van der Waals surface area contributed by atoms with E-state index in [1.807, 2.05) is 24.5 Å². The summed E-state index contributed by atoms with van der Waals surface area (Å²) in [5.74, 6) is 0.497. The zero-order valence-electron chi connectivity index (χ0n) is 23.4. The highest BCUT2D eigenvalue weighted by molar-refractivity contribution is 6.33. The van der Waals surface area contributed by atoms with Crippen molar-refractivity contribution >= 4 is 34.5 Å². The molecule has 15 heteroatoms. The fourth-order valence-electron chi connectivity index (χ4n) is 6.22. The van der Waals surface area contributed by atoms with Crippen LogP contribution in [0.15, 0.2) is 24.4 Å². The van der Waals surface area contributed by atoms with Gasteiger partial charge in [-0.15, -0.1) is 5.10 Å². The Morgan fingerprint density at radius 3 is 2.77 bits per heavy atom. The summed E-state index contributed by atoms with van der Waals surface area (Å²) in [6.07, 6.45) is -0.651. The third kappa shape index (κ3) is 5.14. The van der Waals surface area contributed by atoms with E-state index in [2.05, 4.69) is 25.3 Å². The molecule has 2 fully saturated rings. The van der Waals surface area contributed by atoms with E-state index in [-0.39, 0.29) is 47.1 Å². The van der Waals surface area contributed by atoms with Crippen molar-refractivity contribution in [2.45, 2.75) is 70.0 Å². The Kier molecular flexibility index (Phi) is 7.09. The molecule has 4 aromatic rings. The predicted molar refractivity (Wildman–Crippen MR) is 152 cm³/mol. The van der Waals surface area contributed by atoms with Gasteiger partial charge in [-0.3, -0.25) is 4.68 Å². The minimum Gasteiger partial charge on any atom is -0.471 e. The molecule has 2 bridgehead atoms. The van der Waals surface area contributed by atoms with E-state index in [0.717, 1.165) is 18.9 Å². The van der Waals surface area contributed by atoms with Crippen LogP contribution >= 0.6 is 11.6 Å². The first-order chi connectivity index (χ1) is 20.6. The maximum Gasteiger partial charge on any atom is 0.272 e. The first-order valence-electron chi connectivity index (χ1n) is 14.2. The summed E-state index contributed by atoms with van der Waals surface area (Å²) in [4.78, 5) is 15.8. The first kappa shape index (κ1) is 28.2. The van der Waals surface area contributed by atoms with Crippen molar-refractivity contribution in [3.8, 4) is 17.1 Å². The summed E-state index contributed by atoms with van der Waals surface area (Å²) in [6, 6.07) is 4.50. The molecule has 0 radical (unpaired) electrons. The van der Waals surface area contributed by atoms with Crippen molar-refractivity contribution in [2.24, 2.45) is 0 Å². The number of fused-ring (bicyclic) bond motifs is 4. The second-order valence-corrected chi connectivity index (χ2v) is 11.9. The Hall–Kier alpha value is -3.62. The van der Waals surface area contributed by atoms with E-state index in [0.29, 0.717) is 35.5 Å². The van der Waals surface area contributed by atoms with Crippen molar-refractivity contribution in [3.63, 3.8) is 0 Å². The molecule has 0 aliphatic carbocycles. The lowest BCUT2D eigenvalue weighted by molar-refractivity contribution is 0.0781. The van der Waals surface area contributed by atoms with E-state index >= 15 is 4.39 Å². The topological polar surface area (TPSA) is 115 Å². The molecule has 0 saturated carbocycles. The Morgan fingerprint density at radius 1 is 1.21 bits per heavy atom. The van der Waals surface area contributed by atoms with E-state index in [1.165, 1.54) is 16.9 Å². The van der Waals surface area contributed by atoms with Crippen LogP contribution in [0.25, 0.3) is 22.3 Å². The molecule has 3 aromatic heterocycles. The molecule has 7 rings (SSSR count). The molecule has 43 heavy (non-hydrogen) atoms. The summed E-state index contributed by atoms with van der Waals surface area (Å²) < 4.78 is 55.1. The van der Waals surface area contributed by atoms with Crippen LogP contribution in [-0.2, 0) is 17.7 Å². The minimum atomic E-state index is -2.62. The second kappa shape index (κ2) is 10.8. The summed E-state index contributed by atoms with van der Waals surface area (Å²) in [7, 11) is 0. The van der Waals surface area contributed by atoms with Crippen LogP contribution in [0.2, 0.25) is 5.02 Å². The van der Waals surface area contributed by atoms with Crippen LogP contribution in [-0.4, -0.2) is 84.9 Å². The number of nitrogens with one attached hydrogen (secondary N) is 1. The number of nitrogens with zero attached hydrogens (tertiary/aromatic N) is 7. The molecule has 0 amide bonds. The van der Waals surface area contributed by atoms with Gasteiger partial charge in [0.05, 0.1) is 59.9 Å². The van der Waals surface area contributed by atoms with Gasteiger partial charge < -0.3 is 29.4 Å². The number of halogens is 4. The Morgan fingerprint density at radius 2 is 2.05 bits per heavy atom. The molecule has 3 aliphatic rings. The third-order valence-electron chi connectivity index (χ3n) is 8.19. The molecule has 0 spiro atoms. The third-order valence-corrected chi connectivity index (χ3v) is 8.46. The summed E-state index contributed by atoms with van der Waals surface area (Å²) >= 11 is 6.53. The summed E-state index contributed by atoms with van der Waals surface area (Å²) in [5, 5.41) is 18.3. The lowest BCUT2D eigenvalue weighted by atomic mass is 10.0. The monoisotopic (exact) mass is 618 g/mol. The molecule has 6 heterocycles. The number of ether oxygens (including phenoxy) is 2. The second-order valence-electron chi connectivity index (χ2n) is 11.5. The van der Waals surface area contributed by atoms with Crippen molar-refractivity contribution in [1.82, 2.24) is 29.3 Å². The first-order valence-corrected chi connectivity index (χ1v) is 14.6. The van der Waals surface area contributed by atoms with Gasteiger partial charge in [-0.1, -0.05) is 11.6 Å². The standard InChI is InChI=1S/C28H30ClF3N8O3/c1-13(2)40-21-4-14(3-19(30)26(21)36-28(40)38-9-17-5-16(38)11-42-17)25-18(29)8-33-27(35-25)34-20-6-15-7-24(43-12-23(31)32)37-39(15)10-22(20)41/h3-4,7-8,13,16-17,20,22-23,41H,5-6,9-12H2,1-2H3,(H,33,34,35)/t16-,17-,20-,22-/m1/s1. The lowest BCUT2D eigenvalue weighted by Gasteiger charge is -2.29. The van der Waals surface area contributed by atoms with Crippen LogP contribution in [0.1, 0.15) is 32.0 Å². The number of hydrogen-bond acceptors (Lipinski definition) is 9. The van der Waals surface area contributed by atoms with Crippen LogP contribution < -0.4 is 15.0 Å². The minimum absolute atomic E-state index is 0.00955. The highest BCUT2D eigenvalue weighted by atomic mass is 35.5. The zero-order valence-corrected chi connectivity index (χ0v) is 24.2. The van der Waals surface area contributed by atoms with E-state index in [9.17, 15) is 13.9 Å². The van der Waals surface area contributed by atoms with Crippen LogP contribution in [0.3, 0.4) is 0 Å². The number of anilines is 2. The zero-order chi connectivity index (χ0) is 30.0. The SMILES string of the molecule is CC(C)n1c(N2C[C@H]3C[C@@H]2CO3)nc2c(F)cc(-c3nc(N[C@@H]4Cc5cc(OCC(F)F)nn5C[C@H]4O)ncc3Cl)cc21. The smallest absolute Gasteiger partial charge is 0.272 e. The predicted octanol–water partition coefficient (Wildman–Crippen LogP) is 4.08. The number of imidazole rings is 1. The molecule has 2 N–H and O–H groups in total. The molecular formula is C28H30ClF3N8O3. The van der Waals surface area contributed by atoms with Gasteiger partial charge in [-0.2, -0.15) is 0 Å². The van der Waals surface area contributed by atoms with Crippen molar-refractivity contribution in [3.05, 3.63) is 40.9 Å². The molecule has 2 saturated heterocycles. The van der Waals surface area contributed by atoms with E-state index in [4.69, 9.17) is 26.1 Å². The van der Waals surface area contributed by atoms with Gasteiger partial charge in [0.2, 0.25) is 17.8 Å². The fourth-order valence-corrected chi connectivity index (χ4v) is 6.42. The van der Waals surface area contributed by atoms with Gasteiger partial charge in [0.1, 0.15) is 5.52 Å². The number of rotatable bonds is 8. The molecular weight excluding hydrogens is 589 g/mol. The Labute approximate surface area is 249 Å². The number of alkyl halides is 2. The highest BCUT2D eigenvalue weighted by Crippen LogP contribution is 2.38. The lowest BCUT2D eigenvalue weighted by Crippen LogP contribution is -2.43. The van der Waals surface area contributed by atoms with Gasteiger partial charge in [0, 0.05) is 36.3 Å². The van der Waals surface area contributed by atoms with E-state index in [1.54, 1.807) is 6.07 Å².